The molecule has 8 heteroatoms. The van der Waals surface area contributed by atoms with Gasteiger partial charge >= 0.3 is 5.97 Å². The molecule has 7 nitrogen and oxygen atoms in total. The minimum Gasteiger partial charge on any atom is -0.483 e. The Morgan fingerprint density at radius 1 is 1.12 bits per heavy atom. The Hall–Kier alpha value is -3.52. The van der Waals surface area contributed by atoms with Gasteiger partial charge in [-0.15, -0.1) is 0 Å². The van der Waals surface area contributed by atoms with Crippen LogP contribution >= 0.6 is 11.8 Å². The molecule has 2 heterocycles. The third kappa shape index (κ3) is 4.87. The fourth-order valence-corrected chi connectivity index (χ4v) is 4.66. The van der Waals surface area contributed by atoms with Gasteiger partial charge in [-0.3, -0.25) is 4.79 Å². The number of hydrogen-bond acceptors (Lipinski definition) is 7. The van der Waals surface area contributed by atoms with Crippen LogP contribution in [0.4, 0.5) is 5.69 Å². The van der Waals surface area contributed by atoms with Crippen LogP contribution in [0.3, 0.4) is 0 Å². The number of carbonyl (C=O) groups is 2. The predicted molar refractivity (Wildman–Crippen MR) is 135 cm³/mol. The summed E-state index contributed by atoms with van der Waals surface area (Å²) >= 11 is 1.49. The lowest BCUT2D eigenvalue weighted by molar-refractivity contribution is -0.139. The number of allylic oxidation sites excluding steroid dienone is 1. The third-order valence-electron chi connectivity index (χ3n) is 5.68. The molecular formula is C26H27N3O4S. The first kappa shape index (κ1) is 23.6. The first-order chi connectivity index (χ1) is 16.4. The summed E-state index contributed by atoms with van der Waals surface area (Å²) in [6, 6.07) is 12.7. The molecule has 1 amide bonds. The van der Waals surface area contributed by atoms with Gasteiger partial charge in [0.2, 0.25) is 0 Å². The van der Waals surface area contributed by atoms with Crippen LogP contribution in [0, 0.1) is 13.8 Å². The minimum absolute atomic E-state index is 0.167. The summed E-state index contributed by atoms with van der Waals surface area (Å²) in [4.78, 5) is 32.0. The molecule has 0 aliphatic carbocycles. The van der Waals surface area contributed by atoms with Crippen molar-refractivity contribution in [1.29, 1.82) is 0 Å². The standard InChI is InChI=1S/C26H27N3O4S/c1-5-32-25(31)23-18(4)27-26-29(12-13-34-26)24(23)20-8-6-7-9-21(20)33-15-22(30)28-19-11-10-16(2)17(3)14-19/h6-14,24H,5,15H2,1-4H3,(H,28,30)/t24-/m1/s1. The molecule has 0 bridgehead atoms. The molecule has 4 rings (SSSR count). The molecule has 0 spiro atoms. The van der Waals surface area contributed by atoms with Crippen LogP contribution in [-0.4, -0.2) is 35.2 Å². The molecule has 34 heavy (non-hydrogen) atoms. The van der Waals surface area contributed by atoms with E-state index in [1.54, 1.807) is 13.0 Å². The van der Waals surface area contributed by atoms with Crippen LogP contribution in [0.5, 0.6) is 5.75 Å². The fourth-order valence-electron chi connectivity index (χ4n) is 3.87. The zero-order chi connectivity index (χ0) is 24.2. The van der Waals surface area contributed by atoms with Crippen molar-refractivity contribution < 1.29 is 19.1 Å². The van der Waals surface area contributed by atoms with E-state index in [-0.39, 0.29) is 19.1 Å². The van der Waals surface area contributed by atoms with Crippen LogP contribution in [0.2, 0.25) is 0 Å². The lowest BCUT2D eigenvalue weighted by Gasteiger charge is -2.34. The number of aryl methyl sites for hydroxylation is 2. The van der Waals surface area contributed by atoms with Gasteiger partial charge in [-0.25, -0.2) is 9.79 Å². The molecule has 0 fully saturated rings. The maximum Gasteiger partial charge on any atom is 0.338 e. The van der Waals surface area contributed by atoms with E-state index in [1.807, 2.05) is 73.7 Å². The number of hydrogen-bond donors (Lipinski definition) is 1. The van der Waals surface area contributed by atoms with E-state index in [0.29, 0.717) is 17.0 Å². The first-order valence-electron chi connectivity index (χ1n) is 11.1. The highest BCUT2D eigenvalue weighted by Crippen LogP contribution is 2.43. The van der Waals surface area contributed by atoms with Crippen molar-refractivity contribution in [3.8, 4) is 5.75 Å². The number of para-hydroxylation sites is 1. The van der Waals surface area contributed by atoms with Crippen molar-refractivity contribution in [1.82, 2.24) is 4.90 Å². The monoisotopic (exact) mass is 477 g/mol. The summed E-state index contributed by atoms with van der Waals surface area (Å²) in [5.41, 5.74) is 4.79. The van der Waals surface area contributed by atoms with E-state index in [1.165, 1.54) is 11.8 Å². The topological polar surface area (TPSA) is 80.2 Å². The van der Waals surface area contributed by atoms with Crippen LogP contribution in [0.1, 0.15) is 36.6 Å². The number of ether oxygens (including phenoxy) is 2. The Morgan fingerprint density at radius 3 is 2.68 bits per heavy atom. The summed E-state index contributed by atoms with van der Waals surface area (Å²) in [7, 11) is 0. The maximum atomic E-state index is 12.9. The van der Waals surface area contributed by atoms with Crippen LogP contribution < -0.4 is 10.1 Å². The van der Waals surface area contributed by atoms with Gasteiger partial charge in [-0.1, -0.05) is 36.0 Å². The number of amides is 1. The summed E-state index contributed by atoms with van der Waals surface area (Å²) in [6.07, 6.45) is 1.89. The second-order valence-corrected chi connectivity index (χ2v) is 8.87. The van der Waals surface area contributed by atoms with Crippen LogP contribution in [0.15, 0.2) is 70.3 Å². The first-order valence-corrected chi connectivity index (χ1v) is 11.9. The molecule has 0 aromatic heterocycles. The molecule has 2 aliphatic rings. The SMILES string of the molecule is CCOC(=O)C1=C(C)N=C2SC=CN2[C@@H]1c1ccccc1OCC(=O)Nc1ccc(C)c(C)c1. The van der Waals surface area contributed by atoms with Crippen molar-refractivity contribution in [2.75, 3.05) is 18.5 Å². The quantitative estimate of drug-likeness (QED) is 0.560. The number of carbonyl (C=O) groups excluding carboxylic acids is 2. The highest BCUT2D eigenvalue weighted by atomic mass is 32.2. The number of esters is 1. The average molecular weight is 478 g/mol. The predicted octanol–water partition coefficient (Wildman–Crippen LogP) is 5.09. The van der Waals surface area contributed by atoms with E-state index in [4.69, 9.17) is 9.47 Å². The van der Waals surface area contributed by atoms with Gasteiger partial charge in [-0.05, 0) is 62.4 Å². The van der Waals surface area contributed by atoms with Gasteiger partial charge in [0.1, 0.15) is 5.75 Å². The van der Waals surface area contributed by atoms with E-state index in [0.717, 1.165) is 27.5 Å². The van der Waals surface area contributed by atoms with Gasteiger partial charge in [0.05, 0.1) is 23.9 Å². The summed E-state index contributed by atoms with van der Waals surface area (Å²) in [5.74, 6) is -0.165. The number of aliphatic imine (C=N–C) groups is 1. The van der Waals surface area contributed by atoms with Gasteiger partial charge in [0.25, 0.3) is 5.91 Å². The van der Waals surface area contributed by atoms with Crippen LogP contribution in [-0.2, 0) is 14.3 Å². The largest absolute Gasteiger partial charge is 0.483 e. The zero-order valence-electron chi connectivity index (χ0n) is 19.6. The highest BCUT2D eigenvalue weighted by molar-refractivity contribution is 8.16. The molecule has 1 N–H and O–H groups in total. The van der Waals surface area contributed by atoms with Crippen molar-refractivity contribution in [3.63, 3.8) is 0 Å². The smallest absolute Gasteiger partial charge is 0.338 e. The fraction of sp³-hybridized carbons (Fsp3) is 0.269. The Kier molecular flexibility index (Phi) is 7.07. The number of anilines is 1. The lowest BCUT2D eigenvalue weighted by atomic mass is 9.94. The zero-order valence-corrected chi connectivity index (χ0v) is 20.4. The molecule has 2 aliphatic heterocycles. The third-order valence-corrected chi connectivity index (χ3v) is 6.45. The van der Waals surface area contributed by atoms with Gasteiger partial charge < -0.3 is 19.7 Å². The average Bonchev–Trinajstić information content (AvgIpc) is 3.27. The van der Waals surface area contributed by atoms with E-state index in [2.05, 4.69) is 10.3 Å². The maximum absolute atomic E-state index is 12.9. The van der Waals surface area contributed by atoms with Crippen molar-refractivity contribution in [3.05, 3.63) is 82.0 Å². The number of benzene rings is 2. The van der Waals surface area contributed by atoms with Gasteiger partial charge in [-0.2, -0.15) is 0 Å². The van der Waals surface area contributed by atoms with Crippen molar-refractivity contribution in [2.45, 2.75) is 33.7 Å². The highest BCUT2D eigenvalue weighted by Gasteiger charge is 2.38. The van der Waals surface area contributed by atoms with E-state index >= 15 is 0 Å². The van der Waals surface area contributed by atoms with E-state index < -0.39 is 12.0 Å². The second-order valence-electron chi connectivity index (χ2n) is 8.00. The molecule has 0 saturated heterocycles. The summed E-state index contributed by atoms with van der Waals surface area (Å²) < 4.78 is 11.3. The molecular weight excluding hydrogens is 450 g/mol. The number of amidine groups is 1. The Bertz CT molecular complexity index is 1220. The van der Waals surface area contributed by atoms with Crippen molar-refractivity contribution >= 4 is 34.5 Å². The normalized spacial score (nSPS) is 16.8. The molecule has 0 saturated carbocycles. The Labute approximate surface area is 203 Å². The Balaban J connectivity index is 1.58. The number of rotatable bonds is 7. The number of nitrogens with one attached hydrogen (secondary N) is 1. The minimum atomic E-state index is -0.475. The van der Waals surface area contributed by atoms with E-state index in [9.17, 15) is 9.59 Å². The lowest BCUT2D eigenvalue weighted by Crippen LogP contribution is -2.34. The molecule has 0 radical (unpaired) electrons. The Morgan fingerprint density at radius 2 is 1.91 bits per heavy atom. The van der Waals surface area contributed by atoms with Crippen molar-refractivity contribution in [2.24, 2.45) is 4.99 Å². The van der Waals surface area contributed by atoms with Gasteiger partial charge in [0.15, 0.2) is 11.8 Å². The summed E-state index contributed by atoms with van der Waals surface area (Å²) in [5, 5.41) is 5.58. The molecule has 1 atom stereocenters. The van der Waals surface area contributed by atoms with Crippen LogP contribution in [0.25, 0.3) is 0 Å². The molecule has 2 aromatic rings. The number of nitrogens with zero attached hydrogens (tertiary/aromatic N) is 2. The summed E-state index contributed by atoms with van der Waals surface area (Å²) in [6.45, 7) is 7.71. The van der Waals surface area contributed by atoms with Gasteiger partial charge in [0, 0.05) is 17.5 Å². The molecule has 176 valence electrons. The number of thioether (sulfide) groups is 1. The molecule has 2 aromatic carbocycles. The second kappa shape index (κ2) is 10.2. The number of fused-ring (bicyclic) bond motifs is 1. The molecule has 0 unspecified atom stereocenters.